The topological polar surface area (TPSA) is 50.4 Å². The van der Waals surface area contributed by atoms with Gasteiger partial charge in [-0.1, -0.05) is 30.3 Å². The molecule has 0 saturated heterocycles. The Balaban J connectivity index is 1.27. The minimum absolute atomic E-state index is 0.258. The molecule has 2 N–H and O–H groups in total. The Kier molecular flexibility index (Phi) is 6.44. The van der Waals surface area contributed by atoms with Gasteiger partial charge in [-0.3, -0.25) is 0 Å². The predicted octanol–water partition coefficient (Wildman–Crippen LogP) is 3.71. The average molecular weight is 349 g/mol. The Morgan fingerprint density at radius 1 is 1.08 bits per heavy atom. The molecule has 2 aliphatic rings. The minimum Gasteiger partial charge on any atom is -0.445 e. The zero-order chi connectivity index (χ0) is 16.8. The third kappa shape index (κ3) is 5.15. The van der Waals surface area contributed by atoms with Crippen LogP contribution in [0.15, 0.2) is 30.3 Å². The van der Waals surface area contributed by atoms with Gasteiger partial charge in [0.05, 0.1) is 0 Å². The van der Waals surface area contributed by atoms with Crippen molar-refractivity contribution < 1.29 is 9.53 Å². The lowest BCUT2D eigenvalue weighted by Gasteiger charge is -2.40. The van der Waals surface area contributed by atoms with Crippen molar-refractivity contribution in [3.63, 3.8) is 0 Å². The van der Waals surface area contributed by atoms with Crippen molar-refractivity contribution in [2.24, 2.45) is 0 Å². The van der Waals surface area contributed by atoms with Gasteiger partial charge in [-0.2, -0.15) is 11.8 Å². The van der Waals surface area contributed by atoms with E-state index >= 15 is 0 Å². The molecule has 24 heavy (non-hydrogen) atoms. The van der Waals surface area contributed by atoms with E-state index in [2.05, 4.69) is 16.9 Å². The molecule has 0 heterocycles. The van der Waals surface area contributed by atoms with Crippen LogP contribution in [-0.2, 0) is 11.3 Å². The monoisotopic (exact) mass is 348 g/mol. The van der Waals surface area contributed by atoms with Crippen LogP contribution in [-0.4, -0.2) is 35.7 Å². The summed E-state index contributed by atoms with van der Waals surface area (Å²) in [7, 11) is 0. The van der Waals surface area contributed by atoms with Crippen molar-refractivity contribution in [1.82, 2.24) is 10.6 Å². The van der Waals surface area contributed by atoms with Crippen LogP contribution in [0.4, 0.5) is 4.79 Å². The average Bonchev–Trinajstić information content (AvgIpc) is 2.59. The van der Waals surface area contributed by atoms with E-state index < -0.39 is 0 Å². The highest BCUT2D eigenvalue weighted by atomic mass is 32.2. The number of hydrogen-bond donors (Lipinski definition) is 2. The Bertz CT molecular complexity index is 511. The van der Waals surface area contributed by atoms with Gasteiger partial charge in [-0.05, 0) is 50.3 Å². The molecule has 2 fully saturated rings. The molecule has 132 valence electrons. The van der Waals surface area contributed by atoms with Gasteiger partial charge in [0, 0.05) is 23.4 Å². The number of hydrogen-bond acceptors (Lipinski definition) is 4. The van der Waals surface area contributed by atoms with Crippen molar-refractivity contribution in [3.8, 4) is 0 Å². The maximum Gasteiger partial charge on any atom is 0.407 e. The lowest BCUT2D eigenvalue weighted by atomic mass is 9.84. The van der Waals surface area contributed by atoms with Crippen LogP contribution in [0.1, 0.15) is 44.1 Å². The lowest BCUT2D eigenvalue weighted by Crippen LogP contribution is -2.55. The molecule has 0 bridgehead atoms. The number of amides is 1. The summed E-state index contributed by atoms with van der Waals surface area (Å²) in [5.41, 5.74) is 1.02. The van der Waals surface area contributed by atoms with Crippen LogP contribution in [0.5, 0.6) is 0 Å². The quantitative estimate of drug-likeness (QED) is 0.823. The van der Waals surface area contributed by atoms with E-state index in [0.29, 0.717) is 18.7 Å². The first-order valence-corrected chi connectivity index (χ1v) is 10.3. The molecule has 0 aliphatic heterocycles. The number of benzene rings is 1. The standard InChI is InChI=1S/C19H28N2O2S/c1-24-18-9-7-15(8-10-18)20-16-11-17(12-16)21-19(22)23-13-14-5-3-2-4-6-14/h2-6,15-18,20H,7-13H2,1H3,(H,21,22). The first-order valence-electron chi connectivity index (χ1n) is 8.99. The van der Waals surface area contributed by atoms with E-state index in [1.807, 2.05) is 42.1 Å². The molecule has 1 amide bonds. The van der Waals surface area contributed by atoms with E-state index in [1.165, 1.54) is 25.7 Å². The molecule has 1 aromatic carbocycles. The summed E-state index contributed by atoms with van der Waals surface area (Å²) in [6.45, 7) is 0.333. The SMILES string of the molecule is CSC1CCC(NC2CC(NC(=O)OCc3ccccc3)C2)CC1. The first kappa shape index (κ1) is 17.6. The fraction of sp³-hybridized carbons (Fsp3) is 0.632. The number of rotatable bonds is 6. The van der Waals surface area contributed by atoms with E-state index in [1.54, 1.807) is 0 Å². The third-order valence-electron chi connectivity index (χ3n) is 5.15. The predicted molar refractivity (Wildman–Crippen MR) is 99.3 cm³/mol. The van der Waals surface area contributed by atoms with Gasteiger partial charge in [0.25, 0.3) is 0 Å². The highest BCUT2D eigenvalue weighted by molar-refractivity contribution is 7.99. The van der Waals surface area contributed by atoms with Crippen molar-refractivity contribution in [2.75, 3.05) is 6.26 Å². The second kappa shape index (κ2) is 8.77. The minimum atomic E-state index is -0.303. The lowest BCUT2D eigenvalue weighted by molar-refractivity contribution is 0.123. The third-order valence-corrected chi connectivity index (χ3v) is 6.29. The van der Waals surface area contributed by atoms with E-state index in [4.69, 9.17) is 4.74 Å². The highest BCUT2D eigenvalue weighted by Crippen LogP contribution is 2.29. The van der Waals surface area contributed by atoms with Crippen molar-refractivity contribution in [1.29, 1.82) is 0 Å². The van der Waals surface area contributed by atoms with Gasteiger partial charge in [0.15, 0.2) is 0 Å². The Hall–Kier alpha value is -1.20. The fourth-order valence-electron chi connectivity index (χ4n) is 3.60. The molecular weight excluding hydrogens is 320 g/mol. The van der Waals surface area contributed by atoms with Gasteiger partial charge >= 0.3 is 6.09 Å². The van der Waals surface area contributed by atoms with Crippen LogP contribution in [0.2, 0.25) is 0 Å². The number of thioether (sulfide) groups is 1. The largest absolute Gasteiger partial charge is 0.445 e. The van der Waals surface area contributed by atoms with Crippen LogP contribution >= 0.6 is 11.8 Å². The maximum absolute atomic E-state index is 11.8. The number of alkyl carbamates (subject to hydrolysis) is 1. The van der Waals surface area contributed by atoms with Gasteiger partial charge in [0.1, 0.15) is 6.61 Å². The summed E-state index contributed by atoms with van der Waals surface area (Å²) in [5.74, 6) is 0. The summed E-state index contributed by atoms with van der Waals surface area (Å²) in [6.07, 6.45) is 9.20. The zero-order valence-electron chi connectivity index (χ0n) is 14.4. The molecule has 5 heteroatoms. The van der Waals surface area contributed by atoms with Crippen LogP contribution in [0, 0.1) is 0 Å². The van der Waals surface area contributed by atoms with E-state index in [0.717, 1.165) is 23.7 Å². The summed E-state index contributed by atoms with van der Waals surface area (Å²) >= 11 is 2.01. The molecule has 0 radical (unpaired) electrons. The summed E-state index contributed by atoms with van der Waals surface area (Å²) < 4.78 is 5.27. The molecule has 3 rings (SSSR count). The Labute approximate surface area is 149 Å². The van der Waals surface area contributed by atoms with Gasteiger partial charge in [-0.15, -0.1) is 0 Å². The molecule has 0 unspecified atom stereocenters. The van der Waals surface area contributed by atoms with E-state index in [9.17, 15) is 4.79 Å². The van der Waals surface area contributed by atoms with Gasteiger partial charge in [-0.25, -0.2) is 4.79 Å². The second-order valence-corrected chi connectivity index (χ2v) is 8.09. The summed E-state index contributed by atoms with van der Waals surface area (Å²) in [5, 5.41) is 7.58. The number of carbonyl (C=O) groups excluding carboxylic acids is 1. The fourth-order valence-corrected chi connectivity index (χ4v) is 4.35. The van der Waals surface area contributed by atoms with Crippen LogP contribution in [0.3, 0.4) is 0 Å². The van der Waals surface area contributed by atoms with Gasteiger partial charge < -0.3 is 15.4 Å². The molecular formula is C19H28N2O2S. The molecule has 0 atom stereocenters. The number of ether oxygens (including phenoxy) is 1. The van der Waals surface area contributed by atoms with Gasteiger partial charge in [0.2, 0.25) is 0 Å². The zero-order valence-corrected chi connectivity index (χ0v) is 15.2. The normalized spacial score (nSPS) is 29.5. The highest BCUT2D eigenvalue weighted by Gasteiger charge is 2.33. The Morgan fingerprint density at radius 3 is 2.46 bits per heavy atom. The first-order chi connectivity index (χ1) is 11.7. The Morgan fingerprint density at radius 2 is 1.79 bits per heavy atom. The summed E-state index contributed by atoms with van der Waals surface area (Å²) in [6, 6.07) is 11.3. The molecule has 4 nitrogen and oxygen atoms in total. The molecule has 2 saturated carbocycles. The molecule has 2 aliphatic carbocycles. The smallest absolute Gasteiger partial charge is 0.407 e. The van der Waals surface area contributed by atoms with Crippen molar-refractivity contribution in [2.45, 2.75) is 68.5 Å². The summed E-state index contributed by atoms with van der Waals surface area (Å²) in [4.78, 5) is 11.8. The number of carbonyl (C=O) groups is 1. The second-order valence-electron chi connectivity index (χ2n) is 6.95. The maximum atomic E-state index is 11.8. The molecule has 0 spiro atoms. The van der Waals surface area contributed by atoms with Crippen molar-refractivity contribution in [3.05, 3.63) is 35.9 Å². The van der Waals surface area contributed by atoms with Crippen LogP contribution < -0.4 is 10.6 Å². The van der Waals surface area contributed by atoms with E-state index in [-0.39, 0.29) is 12.1 Å². The molecule has 0 aromatic heterocycles. The van der Waals surface area contributed by atoms with Crippen LogP contribution in [0.25, 0.3) is 0 Å². The van der Waals surface area contributed by atoms with Crippen molar-refractivity contribution >= 4 is 17.9 Å². The number of nitrogens with one attached hydrogen (secondary N) is 2. The molecule has 1 aromatic rings.